The van der Waals surface area contributed by atoms with Gasteiger partial charge in [0.25, 0.3) is 0 Å². The summed E-state index contributed by atoms with van der Waals surface area (Å²) in [5.74, 6) is 0.617. The van der Waals surface area contributed by atoms with Crippen molar-refractivity contribution >= 4 is 5.78 Å². The van der Waals surface area contributed by atoms with Crippen LogP contribution in [0.5, 0.6) is 0 Å². The molecule has 0 saturated heterocycles. The zero-order chi connectivity index (χ0) is 8.43. The number of nitrogens with zero attached hydrogens (tertiary/aromatic N) is 1. The monoisotopic (exact) mass is 153 g/mol. The van der Waals surface area contributed by atoms with Gasteiger partial charge in [-0.1, -0.05) is 19.0 Å². The molecule has 0 unspecified atom stereocenters. The average molecular weight is 153 g/mol. The van der Waals surface area contributed by atoms with E-state index in [9.17, 15) is 4.79 Å². The molecule has 1 aromatic heterocycles. The Morgan fingerprint density at radius 3 is 2.64 bits per heavy atom. The highest BCUT2D eigenvalue weighted by molar-refractivity contribution is 5.92. The molecule has 1 aromatic rings. The molecule has 0 aliphatic heterocycles. The molecule has 3 nitrogen and oxygen atoms in total. The number of Topliss-reactive ketones (excluding diaryl/α,β-unsaturated/α-hetero) is 1. The van der Waals surface area contributed by atoms with Crippen molar-refractivity contribution < 1.29 is 9.32 Å². The summed E-state index contributed by atoms with van der Waals surface area (Å²) in [6, 6.07) is 0. The van der Waals surface area contributed by atoms with Crippen LogP contribution in [0.15, 0.2) is 10.7 Å². The van der Waals surface area contributed by atoms with Crippen LogP contribution in [-0.4, -0.2) is 10.9 Å². The van der Waals surface area contributed by atoms with E-state index in [1.54, 1.807) is 6.20 Å². The van der Waals surface area contributed by atoms with Gasteiger partial charge in [0.2, 0.25) is 5.76 Å². The molecule has 0 radical (unpaired) electrons. The van der Waals surface area contributed by atoms with Crippen molar-refractivity contribution in [1.29, 1.82) is 0 Å². The van der Waals surface area contributed by atoms with Gasteiger partial charge in [-0.15, -0.1) is 0 Å². The van der Waals surface area contributed by atoms with Crippen LogP contribution >= 0.6 is 0 Å². The molecule has 0 aromatic carbocycles. The molecule has 0 N–H and O–H groups in total. The molecule has 0 saturated carbocycles. The van der Waals surface area contributed by atoms with Crippen molar-refractivity contribution in [2.45, 2.75) is 26.7 Å². The molecule has 0 amide bonds. The second kappa shape index (κ2) is 2.86. The van der Waals surface area contributed by atoms with E-state index in [2.05, 4.69) is 5.16 Å². The van der Waals surface area contributed by atoms with Gasteiger partial charge in [0, 0.05) is 12.5 Å². The van der Waals surface area contributed by atoms with E-state index >= 15 is 0 Å². The first-order valence-corrected chi connectivity index (χ1v) is 3.58. The van der Waals surface area contributed by atoms with Crippen molar-refractivity contribution in [3.8, 4) is 0 Å². The van der Waals surface area contributed by atoms with Gasteiger partial charge in [0.15, 0.2) is 5.78 Å². The Balaban J connectivity index is 3.06. The Hall–Kier alpha value is -1.12. The number of ketones is 1. The molecule has 0 fully saturated rings. The van der Waals surface area contributed by atoms with Gasteiger partial charge in [-0.25, -0.2) is 0 Å². The molecule has 0 aliphatic carbocycles. The number of carbonyl (C=O) groups is 1. The van der Waals surface area contributed by atoms with Gasteiger partial charge in [-0.3, -0.25) is 4.79 Å². The number of hydrogen-bond acceptors (Lipinski definition) is 3. The Morgan fingerprint density at radius 1 is 1.64 bits per heavy atom. The molecule has 0 spiro atoms. The van der Waals surface area contributed by atoms with Crippen LogP contribution in [0.25, 0.3) is 0 Å². The second-order valence-corrected chi connectivity index (χ2v) is 2.82. The summed E-state index contributed by atoms with van der Waals surface area (Å²) in [5, 5.41) is 3.57. The lowest BCUT2D eigenvalue weighted by Gasteiger charge is -1.99. The lowest BCUT2D eigenvalue weighted by atomic mass is 10.0. The second-order valence-electron chi connectivity index (χ2n) is 2.82. The highest BCUT2D eigenvalue weighted by Gasteiger charge is 2.14. The lowest BCUT2D eigenvalue weighted by molar-refractivity contribution is 0.0976. The third-order valence-electron chi connectivity index (χ3n) is 1.54. The molecule has 0 bridgehead atoms. The topological polar surface area (TPSA) is 43.1 Å². The Bertz CT molecular complexity index is 263. The smallest absolute Gasteiger partial charge is 0.205 e. The van der Waals surface area contributed by atoms with Crippen LogP contribution in [0.2, 0.25) is 0 Å². The van der Waals surface area contributed by atoms with Gasteiger partial charge in [-0.2, -0.15) is 0 Å². The summed E-state index contributed by atoms with van der Waals surface area (Å²) in [6.07, 6.45) is 1.60. The first-order valence-electron chi connectivity index (χ1n) is 3.58. The van der Waals surface area contributed by atoms with Crippen LogP contribution < -0.4 is 0 Å². The van der Waals surface area contributed by atoms with Gasteiger partial charge in [0.05, 0.1) is 6.20 Å². The zero-order valence-corrected chi connectivity index (χ0v) is 6.92. The van der Waals surface area contributed by atoms with E-state index in [0.717, 1.165) is 5.56 Å². The predicted octanol–water partition coefficient (Wildman–Crippen LogP) is 2.00. The average Bonchev–Trinajstić information content (AvgIpc) is 2.32. The van der Waals surface area contributed by atoms with E-state index in [-0.39, 0.29) is 5.78 Å². The fourth-order valence-electron chi connectivity index (χ4n) is 0.926. The molecule has 60 valence electrons. The number of aromatic nitrogens is 1. The Labute approximate surface area is 65.4 Å². The lowest BCUT2D eigenvalue weighted by Crippen LogP contribution is -1.96. The van der Waals surface area contributed by atoms with E-state index < -0.39 is 0 Å². The summed E-state index contributed by atoms with van der Waals surface area (Å²) in [7, 11) is 0. The molecule has 1 heterocycles. The molecule has 11 heavy (non-hydrogen) atoms. The van der Waals surface area contributed by atoms with Crippen LogP contribution in [0.4, 0.5) is 0 Å². The van der Waals surface area contributed by atoms with E-state index in [1.807, 2.05) is 13.8 Å². The zero-order valence-electron chi connectivity index (χ0n) is 6.92. The van der Waals surface area contributed by atoms with Crippen LogP contribution in [-0.2, 0) is 0 Å². The largest absolute Gasteiger partial charge is 0.353 e. The minimum absolute atomic E-state index is 0.0637. The molecular weight excluding hydrogens is 142 g/mol. The Kier molecular flexibility index (Phi) is 2.08. The fraction of sp³-hybridized carbons (Fsp3) is 0.500. The summed E-state index contributed by atoms with van der Waals surface area (Å²) in [4.78, 5) is 10.9. The van der Waals surface area contributed by atoms with Crippen LogP contribution in [0.3, 0.4) is 0 Å². The molecule has 0 aliphatic rings. The van der Waals surface area contributed by atoms with Gasteiger partial charge in [0.1, 0.15) is 0 Å². The van der Waals surface area contributed by atoms with Crippen molar-refractivity contribution in [3.05, 3.63) is 17.5 Å². The number of rotatable bonds is 2. The summed E-state index contributed by atoms with van der Waals surface area (Å²) >= 11 is 0. The normalized spacial score (nSPS) is 10.5. The third-order valence-corrected chi connectivity index (χ3v) is 1.54. The minimum Gasteiger partial charge on any atom is -0.353 e. The summed E-state index contributed by atoms with van der Waals surface area (Å²) in [5.41, 5.74) is 0.887. The Morgan fingerprint density at radius 2 is 2.27 bits per heavy atom. The molecule has 3 heteroatoms. The highest BCUT2D eigenvalue weighted by atomic mass is 16.5. The maximum Gasteiger partial charge on any atom is 0.205 e. The number of hydrogen-bond donors (Lipinski definition) is 0. The van der Waals surface area contributed by atoms with E-state index in [1.165, 1.54) is 6.92 Å². The van der Waals surface area contributed by atoms with E-state index in [4.69, 9.17) is 4.52 Å². The highest BCUT2D eigenvalue weighted by Crippen LogP contribution is 2.18. The fourth-order valence-corrected chi connectivity index (χ4v) is 0.926. The van der Waals surface area contributed by atoms with Crippen molar-refractivity contribution in [2.24, 2.45) is 0 Å². The molecule has 0 atom stereocenters. The standard InChI is InChI=1S/C8H11NO2/c1-5(2)7-4-9-11-8(7)6(3)10/h4-5H,1-3H3. The van der Waals surface area contributed by atoms with Gasteiger partial charge in [-0.05, 0) is 5.92 Å². The summed E-state index contributed by atoms with van der Waals surface area (Å²) < 4.78 is 4.79. The predicted molar refractivity (Wildman–Crippen MR) is 40.6 cm³/mol. The quantitative estimate of drug-likeness (QED) is 0.610. The van der Waals surface area contributed by atoms with Crippen LogP contribution in [0.1, 0.15) is 42.8 Å². The van der Waals surface area contributed by atoms with Crippen LogP contribution in [0, 0.1) is 0 Å². The van der Waals surface area contributed by atoms with Gasteiger partial charge >= 0.3 is 0 Å². The summed E-state index contributed by atoms with van der Waals surface area (Å²) in [6.45, 7) is 5.48. The third kappa shape index (κ3) is 1.48. The molecular formula is C8H11NO2. The maximum absolute atomic E-state index is 10.9. The minimum atomic E-state index is -0.0637. The van der Waals surface area contributed by atoms with Gasteiger partial charge < -0.3 is 4.52 Å². The van der Waals surface area contributed by atoms with E-state index in [0.29, 0.717) is 11.7 Å². The van der Waals surface area contributed by atoms with Crippen molar-refractivity contribution in [3.63, 3.8) is 0 Å². The van der Waals surface area contributed by atoms with Crippen molar-refractivity contribution in [2.75, 3.05) is 0 Å². The number of carbonyl (C=O) groups excluding carboxylic acids is 1. The maximum atomic E-state index is 10.9. The van der Waals surface area contributed by atoms with Crippen molar-refractivity contribution in [1.82, 2.24) is 5.16 Å². The first kappa shape index (κ1) is 7.98. The SMILES string of the molecule is CC(=O)c1oncc1C(C)C. The molecule has 1 rings (SSSR count). The first-order chi connectivity index (χ1) is 5.13.